The van der Waals surface area contributed by atoms with Gasteiger partial charge in [-0.2, -0.15) is 0 Å². The minimum Gasteiger partial charge on any atom is -0.448 e. The van der Waals surface area contributed by atoms with Crippen LogP contribution in [0.15, 0.2) is 64.4 Å². The van der Waals surface area contributed by atoms with Crippen molar-refractivity contribution in [3.8, 4) is 0 Å². The standard InChI is InChI=1S/C21H15F2NO2S/c1-12-15-4-2-5-16(23)20(15)26-19(12)21(25)24-18(17-6-3-11-27-17)13-7-9-14(22)10-8-13/h2-11,18H,1H3,(H,24,25). The summed E-state index contributed by atoms with van der Waals surface area (Å²) in [4.78, 5) is 13.8. The lowest BCUT2D eigenvalue weighted by Gasteiger charge is -2.17. The number of halogens is 2. The Bertz CT molecular complexity index is 1100. The molecule has 0 radical (unpaired) electrons. The zero-order chi connectivity index (χ0) is 19.0. The third kappa shape index (κ3) is 3.24. The second kappa shape index (κ2) is 6.96. The molecule has 2 aromatic carbocycles. The molecule has 27 heavy (non-hydrogen) atoms. The molecule has 2 aromatic heterocycles. The van der Waals surface area contributed by atoms with Crippen molar-refractivity contribution < 1.29 is 18.0 Å². The molecule has 136 valence electrons. The Balaban J connectivity index is 1.71. The summed E-state index contributed by atoms with van der Waals surface area (Å²) in [6, 6.07) is 13.9. The van der Waals surface area contributed by atoms with Gasteiger partial charge in [0.1, 0.15) is 5.82 Å². The van der Waals surface area contributed by atoms with E-state index in [1.54, 1.807) is 31.2 Å². The summed E-state index contributed by atoms with van der Waals surface area (Å²) >= 11 is 1.48. The second-order valence-electron chi connectivity index (χ2n) is 6.15. The number of furan rings is 1. The fourth-order valence-electron chi connectivity index (χ4n) is 3.05. The van der Waals surface area contributed by atoms with E-state index in [0.29, 0.717) is 10.9 Å². The molecule has 0 aliphatic heterocycles. The van der Waals surface area contributed by atoms with E-state index in [1.165, 1.54) is 29.5 Å². The molecule has 0 bridgehead atoms. The van der Waals surface area contributed by atoms with Crippen molar-refractivity contribution in [2.45, 2.75) is 13.0 Å². The maximum Gasteiger partial charge on any atom is 0.288 e. The van der Waals surface area contributed by atoms with Crippen molar-refractivity contribution in [1.82, 2.24) is 5.32 Å². The molecule has 1 atom stereocenters. The summed E-state index contributed by atoms with van der Waals surface area (Å²) in [6.07, 6.45) is 0. The predicted octanol–water partition coefficient (Wildman–Crippen LogP) is 5.60. The zero-order valence-corrected chi connectivity index (χ0v) is 15.1. The molecule has 0 aliphatic carbocycles. The van der Waals surface area contributed by atoms with E-state index in [9.17, 15) is 13.6 Å². The van der Waals surface area contributed by atoms with Crippen LogP contribution in [-0.2, 0) is 0 Å². The highest BCUT2D eigenvalue weighted by atomic mass is 32.1. The first kappa shape index (κ1) is 17.4. The van der Waals surface area contributed by atoms with Crippen molar-refractivity contribution >= 4 is 28.2 Å². The molecule has 0 saturated carbocycles. The first-order chi connectivity index (χ1) is 13.0. The van der Waals surface area contributed by atoms with Gasteiger partial charge in [0.25, 0.3) is 5.91 Å². The lowest BCUT2D eigenvalue weighted by atomic mass is 10.0. The molecule has 1 N–H and O–H groups in total. The molecule has 0 fully saturated rings. The Morgan fingerprint density at radius 1 is 1.07 bits per heavy atom. The highest BCUT2D eigenvalue weighted by molar-refractivity contribution is 7.10. The molecule has 0 spiro atoms. The summed E-state index contributed by atoms with van der Waals surface area (Å²) < 4.78 is 32.8. The van der Waals surface area contributed by atoms with E-state index >= 15 is 0 Å². The Hall–Kier alpha value is -2.99. The van der Waals surface area contributed by atoms with Gasteiger partial charge < -0.3 is 9.73 Å². The van der Waals surface area contributed by atoms with Gasteiger partial charge in [-0.3, -0.25) is 4.79 Å². The van der Waals surface area contributed by atoms with Gasteiger partial charge in [0.05, 0.1) is 6.04 Å². The van der Waals surface area contributed by atoms with Crippen LogP contribution in [0.2, 0.25) is 0 Å². The maximum atomic E-state index is 14.0. The van der Waals surface area contributed by atoms with E-state index in [-0.39, 0.29) is 17.2 Å². The average Bonchev–Trinajstić information content (AvgIpc) is 3.30. The molecule has 3 nitrogen and oxygen atoms in total. The van der Waals surface area contributed by atoms with E-state index in [1.807, 2.05) is 17.5 Å². The number of para-hydroxylation sites is 1. The predicted molar refractivity (Wildman–Crippen MR) is 101 cm³/mol. The van der Waals surface area contributed by atoms with Crippen molar-refractivity contribution in [3.05, 3.63) is 93.4 Å². The molecular formula is C21H15F2NO2S. The number of rotatable bonds is 4. The van der Waals surface area contributed by atoms with E-state index < -0.39 is 17.8 Å². The number of aryl methyl sites for hydroxylation is 1. The summed E-state index contributed by atoms with van der Waals surface area (Å²) in [5.41, 5.74) is 1.38. The number of amides is 1. The van der Waals surface area contributed by atoms with E-state index in [4.69, 9.17) is 4.42 Å². The lowest BCUT2D eigenvalue weighted by molar-refractivity contribution is 0.0916. The van der Waals surface area contributed by atoms with Gasteiger partial charge in [0, 0.05) is 15.8 Å². The number of hydrogen-bond acceptors (Lipinski definition) is 3. The number of nitrogens with one attached hydrogen (secondary N) is 1. The first-order valence-corrected chi connectivity index (χ1v) is 9.20. The topological polar surface area (TPSA) is 42.2 Å². The number of thiophene rings is 1. The van der Waals surface area contributed by atoms with Crippen LogP contribution in [0.1, 0.15) is 32.6 Å². The van der Waals surface area contributed by atoms with Gasteiger partial charge in [-0.05, 0) is 42.1 Å². The van der Waals surface area contributed by atoms with Crippen molar-refractivity contribution in [2.75, 3.05) is 0 Å². The van der Waals surface area contributed by atoms with Crippen LogP contribution in [-0.4, -0.2) is 5.91 Å². The minimum atomic E-state index is -0.511. The van der Waals surface area contributed by atoms with Gasteiger partial charge >= 0.3 is 0 Å². The minimum absolute atomic E-state index is 0.0644. The van der Waals surface area contributed by atoms with Crippen molar-refractivity contribution in [1.29, 1.82) is 0 Å². The molecule has 2 heterocycles. The Morgan fingerprint density at radius 3 is 2.52 bits per heavy atom. The lowest BCUT2D eigenvalue weighted by Crippen LogP contribution is -2.29. The third-order valence-electron chi connectivity index (χ3n) is 4.43. The van der Waals surface area contributed by atoms with Gasteiger partial charge in [-0.1, -0.05) is 30.3 Å². The SMILES string of the molecule is Cc1c(C(=O)NC(c2ccc(F)cc2)c2cccs2)oc2c(F)cccc12. The quantitative estimate of drug-likeness (QED) is 0.498. The van der Waals surface area contributed by atoms with Crippen LogP contribution >= 0.6 is 11.3 Å². The number of fused-ring (bicyclic) bond motifs is 1. The smallest absolute Gasteiger partial charge is 0.288 e. The summed E-state index contributed by atoms with van der Waals surface area (Å²) in [7, 11) is 0. The Morgan fingerprint density at radius 2 is 1.85 bits per heavy atom. The Kier molecular flexibility index (Phi) is 4.49. The largest absolute Gasteiger partial charge is 0.448 e. The summed E-state index contributed by atoms with van der Waals surface area (Å²) in [5, 5.41) is 5.39. The maximum absolute atomic E-state index is 14.0. The molecular weight excluding hydrogens is 368 g/mol. The van der Waals surface area contributed by atoms with Crippen LogP contribution in [0.5, 0.6) is 0 Å². The van der Waals surface area contributed by atoms with Crippen LogP contribution < -0.4 is 5.32 Å². The third-order valence-corrected chi connectivity index (χ3v) is 5.37. The molecule has 1 amide bonds. The van der Waals surface area contributed by atoms with Crippen LogP contribution in [0.4, 0.5) is 8.78 Å². The monoisotopic (exact) mass is 383 g/mol. The number of carbonyl (C=O) groups is 1. The fourth-order valence-corrected chi connectivity index (χ4v) is 3.85. The second-order valence-corrected chi connectivity index (χ2v) is 7.13. The summed E-state index contributed by atoms with van der Waals surface area (Å²) in [6.45, 7) is 1.72. The average molecular weight is 383 g/mol. The first-order valence-electron chi connectivity index (χ1n) is 8.32. The molecule has 1 unspecified atom stereocenters. The molecule has 6 heteroatoms. The molecule has 0 saturated heterocycles. The van der Waals surface area contributed by atoms with E-state index in [0.717, 1.165) is 10.4 Å². The number of benzene rings is 2. The highest BCUT2D eigenvalue weighted by Crippen LogP contribution is 2.30. The van der Waals surface area contributed by atoms with Crippen LogP contribution in [0, 0.1) is 18.6 Å². The van der Waals surface area contributed by atoms with E-state index in [2.05, 4.69) is 5.32 Å². The van der Waals surface area contributed by atoms with Crippen LogP contribution in [0.25, 0.3) is 11.0 Å². The molecule has 0 aliphatic rings. The fraction of sp³-hybridized carbons (Fsp3) is 0.0952. The van der Waals surface area contributed by atoms with Gasteiger partial charge in [-0.15, -0.1) is 11.3 Å². The zero-order valence-electron chi connectivity index (χ0n) is 14.3. The molecule has 4 aromatic rings. The Labute approximate surface area is 158 Å². The van der Waals surface area contributed by atoms with Crippen molar-refractivity contribution in [3.63, 3.8) is 0 Å². The normalized spacial score (nSPS) is 12.3. The number of carbonyl (C=O) groups excluding carboxylic acids is 1. The molecule has 4 rings (SSSR count). The summed E-state index contributed by atoms with van der Waals surface area (Å²) in [5.74, 6) is -1.24. The van der Waals surface area contributed by atoms with Gasteiger partial charge in [0.15, 0.2) is 17.2 Å². The van der Waals surface area contributed by atoms with Crippen molar-refractivity contribution in [2.24, 2.45) is 0 Å². The highest BCUT2D eigenvalue weighted by Gasteiger charge is 2.24. The number of hydrogen-bond donors (Lipinski definition) is 1. The van der Waals surface area contributed by atoms with Gasteiger partial charge in [-0.25, -0.2) is 8.78 Å². The van der Waals surface area contributed by atoms with Crippen LogP contribution in [0.3, 0.4) is 0 Å². The van der Waals surface area contributed by atoms with Gasteiger partial charge in [0.2, 0.25) is 0 Å².